The minimum Gasteiger partial charge on any atom is -0.468 e. The molecule has 0 saturated heterocycles. The van der Waals surface area contributed by atoms with Gasteiger partial charge in [0.15, 0.2) is 0 Å². The Morgan fingerprint density at radius 2 is 2.20 bits per heavy atom. The van der Waals surface area contributed by atoms with Crippen molar-refractivity contribution in [3.8, 4) is 0 Å². The molecule has 112 valence electrons. The standard InChI is InChI=1S/C13H20ClN3O3/c1-5-8(2)9(3)16-10-6-15-17(7-11(18)20-4)13(19)12(10)14/h6,8-9,16H,5,7H2,1-4H3. The van der Waals surface area contributed by atoms with Crippen molar-refractivity contribution >= 4 is 23.3 Å². The third-order valence-corrected chi connectivity index (χ3v) is 3.74. The Hall–Kier alpha value is -1.56. The van der Waals surface area contributed by atoms with Crippen LogP contribution in [0.2, 0.25) is 5.02 Å². The highest BCUT2D eigenvalue weighted by atomic mass is 35.5. The third-order valence-electron chi connectivity index (χ3n) is 3.37. The zero-order valence-corrected chi connectivity index (χ0v) is 12.9. The van der Waals surface area contributed by atoms with E-state index in [2.05, 4.69) is 29.0 Å². The fourth-order valence-corrected chi connectivity index (χ4v) is 1.81. The number of anilines is 1. The molecule has 20 heavy (non-hydrogen) atoms. The molecule has 0 radical (unpaired) electrons. The Labute approximate surface area is 123 Å². The van der Waals surface area contributed by atoms with Gasteiger partial charge in [0.1, 0.15) is 11.6 Å². The summed E-state index contributed by atoms with van der Waals surface area (Å²) in [4.78, 5) is 23.1. The SMILES string of the molecule is CCC(C)C(C)Nc1cnn(CC(=O)OC)c(=O)c1Cl. The lowest BCUT2D eigenvalue weighted by atomic mass is 10.0. The van der Waals surface area contributed by atoms with Crippen LogP contribution in [0.1, 0.15) is 27.2 Å². The highest BCUT2D eigenvalue weighted by Crippen LogP contribution is 2.19. The molecule has 2 unspecified atom stereocenters. The van der Waals surface area contributed by atoms with Crippen LogP contribution in [0.5, 0.6) is 0 Å². The van der Waals surface area contributed by atoms with Gasteiger partial charge in [0.05, 0.1) is 19.0 Å². The third kappa shape index (κ3) is 3.96. The Bertz CT molecular complexity index is 530. The van der Waals surface area contributed by atoms with Crippen molar-refractivity contribution in [3.05, 3.63) is 21.6 Å². The number of halogens is 1. The summed E-state index contributed by atoms with van der Waals surface area (Å²) in [6.45, 7) is 5.97. The maximum Gasteiger partial charge on any atom is 0.327 e. The van der Waals surface area contributed by atoms with Gasteiger partial charge in [-0.2, -0.15) is 5.10 Å². The summed E-state index contributed by atoms with van der Waals surface area (Å²) in [7, 11) is 1.25. The molecule has 2 atom stereocenters. The van der Waals surface area contributed by atoms with E-state index in [0.29, 0.717) is 11.6 Å². The van der Waals surface area contributed by atoms with E-state index in [4.69, 9.17) is 11.6 Å². The quantitative estimate of drug-likeness (QED) is 0.813. The molecule has 1 aromatic heterocycles. The van der Waals surface area contributed by atoms with E-state index in [1.54, 1.807) is 0 Å². The summed E-state index contributed by atoms with van der Waals surface area (Å²) in [5.74, 6) is -0.118. The smallest absolute Gasteiger partial charge is 0.327 e. The Kier molecular flexibility index (Phi) is 6.01. The molecule has 0 spiro atoms. The van der Waals surface area contributed by atoms with Gasteiger partial charge in [-0.05, 0) is 12.8 Å². The normalized spacial score (nSPS) is 13.7. The van der Waals surface area contributed by atoms with E-state index >= 15 is 0 Å². The van der Waals surface area contributed by atoms with Crippen molar-refractivity contribution in [1.82, 2.24) is 9.78 Å². The number of nitrogens with zero attached hydrogens (tertiary/aromatic N) is 2. The lowest BCUT2D eigenvalue weighted by Crippen LogP contribution is -2.30. The number of carbonyl (C=O) groups is 1. The fourth-order valence-electron chi connectivity index (χ4n) is 1.61. The molecular weight excluding hydrogens is 282 g/mol. The number of aromatic nitrogens is 2. The lowest BCUT2D eigenvalue weighted by Gasteiger charge is -2.21. The van der Waals surface area contributed by atoms with E-state index < -0.39 is 11.5 Å². The van der Waals surface area contributed by atoms with E-state index in [0.717, 1.165) is 11.1 Å². The molecule has 0 aromatic carbocycles. The van der Waals surface area contributed by atoms with Crippen LogP contribution in [0.25, 0.3) is 0 Å². The van der Waals surface area contributed by atoms with E-state index in [-0.39, 0.29) is 17.6 Å². The zero-order chi connectivity index (χ0) is 15.3. The highest BCUT2D eigenvalue weighted by molar-refractivity contribution is 6.32. The van der Waals surface area contributed by atoms with Crippen LogP contribution in [0.3, 0.4) is 0 Å². The fraction of sp³-hybridized carbons (Fsp3) is 0.615. The molecule has 1 aromatic rings. The minimum absolute atomic E-state index is 0.0269. The number of methoxy groups -OCH3 is 1. The lowest BCUT2D eigenvalue weighted by molar-refractivity contribution is -0.141. The first-order chi connectivity index (χ1) is 9.40. The predicted octanol–water partition coefficient (Wildman–Crippen LogP) is 1.92. The van der Waals surface area contributed by atoms with Gasteiger partial charge >= 0.3 is 5.97 Å². The predicted molar refractivity (Wildman–Crippen MR) is 78.1 cm³/mol. The number of esters is 1. The monoisotopic (exact) mass is 301 g/mol. The molecular formula is C13H20ClN3O3. The molecule has 6 nitrogen and oxygen atoms in total. The van der Waals surface area contributed by atoms with Crippen LogP contribution in [-0.2, 0) is 16.1 Å². The summed E-state index contributed by atoms with van der Waals surface area (Å²) < 4.78 is 5.47. The maximum atomic E-state index is 12.0. The van der Waals surface area contributed by atoms with Gasteiger partial charge in [0.2, 0.25) is 0 Å². The number of rotatable bonds is 6. The molecule has 0 saturated carbocycles. The summed E-state index contributed by atoms with van der Waals surface area (Å²) >= 11 is 6.03. The zero-order valence-electron chi connectivity index (χ0n) is 12.1. The maximum absolute atomic E-state index is 12.0. The first-order valence-electron chi connectivity index (χ1n) is 6.49. The topological polar surface area (TPSA) is 73.2 Å². The molecule has 0 aliphatic rings. The van der Waals surface area contributed by atoms with Crippen molar-refractivity contribution in [2.75, 3.05) is 12.4 Å². The molecule has 0 bridgehead atoms. The number of ether oxygens (including phenoxy) is 1. The van der Waals surface area contributed by atoms with Crippen LogP contribution >= 0.6 is 11.6 Å². The highest BCUT2D eigenvalue weighted by Gasteiger charge is 2.15. The van der Waals surface area contributed by atoms with Crippen molar-refractivity contribution < 1.29 is 9.53 Å². The molecule has 7 heteroatoms. The van der Waals surface area contributed by atoms with Crippen LogP contribution in [0.15, 0.2) is 11.0 Å². The van der Waals surface area contributed by atoms with Crippen LogP contribution in [0.4, 0.5) is 5.69 Å². The van der Waals surface area contributed by atoms with Gasteiger partial charge in [0.25, 0.3) is 5.56 Å². The molecule has 0 aliphatic heterocycles. The molecule has 0 aliphatic carbocycles. The molecule has 0 amide bonds. The average Bonchev–Trinajstić information content (AvgIpc) is 2.45. The van der Waals surface area contributed by atoms with Crippen LogP contribution in [0, 0.1) is 5.92 Å². The summed E-state index contributed by atoms with van der Waals surface area (Å²) in [5.41, 5.74) is -0.0380. The number of carbonyl (C=O) groups excluding carboxylic acids is 1. The van der Waals surface area contributed by atoms with Gasteiger partial charge in [-0.15, -0.1) is 0 Å². The molecule has 0 fully saturated rings. The van der Waals surface area contributed by atoms with Crippen LogP contribution < -0.4 is 10.9 Å². The average molecular weight is 302 g/mol. The Morgan fingerprint density at radius 3 is 2.75 bits per heavy atom. The molecule has 1 heterocycles. The molecule has 1 N–H and O–H groups in total. The van der Waals surface area contributed by atoms with E-state index in [9.17, 15) is 9.59 Å². The van der Waals surface area contributed by atoms with Gasteiger partial charge in [-0.3, -0.25) is 9.59 Å². The summed E-state index contributed by atoms with van der Waals surface area (Å²) in [6, 6.07) is 0.162. The van der Waals surface area contributed by atoms with E-state index in [1.165, 1.54) is 13.3 Å². The second-order valence-electron chi connectivity index (χ2n) is 4.73. The van der Waals surface area contributed by atoms with Crippen molar-refractivity contribution in [2.45, 2.75) is 39.8 Å². The number of nitrogens with one attached hydrogen (secondary N) is 1. The second kappa shape index (κ2) is 7.28. The largest absolute Gasteiger partial charge is 0.468 e. The van der Waals surface area contributed by atoms with Crippen molar-refractivity contribution in [2.24, 2.45) is 5.92 Å². The summed E-state index contributed by atoms with van der Waals surface area (Å²) in [6.07, 6.45) is 2.46. The van der Waals surface area contributed by atoms with E-state index in [1.807, 2.05) is 6.92 Å². The second-order valence-corrected chi connectivity index (χ2v) is 5.11. The minimum atomic E-state index is -0.552. The first kappa shape index (κ1) is 16.5. The van der Waals surface area contributed by atoms with Crippen molar-refractivity contribution in [3.63, 3.8) is 0 Å². The van der Waals surface area contributed by atoms with Gasteiger partial charge in [-0.1, -0.05) is 31.9 Å². The Morgan fingerprint density at radius 1 is 1.55 bits per heavy atom. The first-order valence-corrected chi connectivity index (χ1v) is 6.87. The number of hydrogen-bond donors (Lipinski definition) is 1. The van der Waals surface area contributed by atoms with Crippen molar-refractivity contribution in [1.29, 1.82) is 0 Å². The van der Waals surface area contributed by atoms with Gasteiger partial charge in [0, 0.05) is 6.04 Å². The summed E-state index contributed by atoms with van der Waals surface area (Å²) in [5, 5.41) is 7.12. The van der Waals surface area contributed by atoms with Gasteiger partial charge in [-0.25, -0.2) is 4.68 Å². The molecule has 1 rings (SSSR count). The Balaban J connectivity index is 2.94. The van der Waals surface area contributed by atoms with Gasteiger partial charge < -0.3 is 10.1 Å². The van der Waals surface area contributed by atoms with Crippen LogP contribution in [-0.4, -0.2) is 28.9 Å². The number of hydrogen-bond acceptors (Lipinski definition) is 5.